The molecule has 1 aromatic rings. The zero-order valence-electron chi connectivity index (χ0n) is 18.0. The Hall–Kier alpha value is -2.28. The van der Waals surface area contributed by atoms with Gasteiger partial charge >= 0.3 is 6.03 Å². The third-order valence-corrected chi connectivity index (χ3v) is 6.95. The van der Waals surface area contributed by atoms with Crippen LogP contribution in [-0.4, -0.2) is 55.7 Å². The van der Waals surface area contributed by atoms with Crippen LogP contribution in [0.5, 0.6) is 0 Å². The minimum Gasteiger partial charge on any atom is -0.383 e. The summed E-state index contributed by atoms with van der Waals surface area (Å²) >= 11 is 0. The molecule has 0 aromatic heterocycles. The minimum atomic E-state index is -0.172. The van der Waals surface area contributed by atoms with Crippen molar-refractivity contribution in [1.82, 2.24) is 15.5 Å². The van der Waals surface area contributed by atoms with Crippen molar-refractivity contribution in [1.29, 1.82) is 0 Å². The number of rotatable bonds is 5. The van der Waals surface area contributed by atoms with Crippen LogP contribution in [0.4, 0.5) is 10.5 Å². The van der Waals surface area contributed by atoms with E-state index in [9.17, 15) is 9.59 Å². The van der Waals surface area contributed by atoms with E-state index < -0.39 is 0 Å². The molecule has 30 heavy (non-hydrogen) atoms. The van der Waals surface area contributed by atoms with Crippen LogP contribution in [0.25, 0.3) is 0 Å². The minimum absolute atomic E-state index is 0.0714. The van der Waals surface area contributed by atoms with Crippen molar-refractivity contribution in [3.05, 3.63) is 29.8 Å². The number of hydrogen-bond donors (Lipinski definition) is 3. The van der Waals surface area contributed by atoms with Crippen molar-refractivity contribution in [3.63, 3.8) is 0 Å². The summed E-state index contributed by atoms with van der Waals surface area (Å²) < 4.78 is 5.48. The molecule has 164 valence electrons. The molecule has 2 heterocycles. The van der Waals surface area contributed by atoms with E-state index in [1.807, 2.05) is 13.0 Å². The van der Waals surface area contributed by atoms with Gasteiger partial charge in [-0.2, -0.15) is 0 Å². The monoisotopic (exact) mass is 414 g/mol. The molecule has 1 aliphatic carbocycles. The lowest BCUT2D eigenvalue weighted by Gasteiger charge is -2.41. The van der Waals surface area contributed by atoms with Gasteiger partial charge in [0.2, 0.25) is 5.91 Å². The maximum absolute atomic E-state index is 13.8. The number of hydrogen-bond acceptors (Lipinski definition) is 4. The second kappa shape index (κ2) is 9.25. The lowest BCUT2D eigenvalue weighted by atomic mass is 9.81. The average molecular weight is 415 g/mol. The van der Waals surface area contributed by atoms with Gasteiger partial charge in [0, 0.05) is 37.8 Å². The molecule has 1 saturated heterocycles. The lowest BCUT2D eigenvalue weighted by Crippen LogP contribution is -2.52. The highest BCUT2D eigenvalue weighted by molar-refractivity contribution is 5.82. The summed E-state index contributed by atoms with van der Waals surface area (Å²) in [6, 6.07) is 8.32. The second-order valence-corrected chi connectivity index (χ2v) is 8.72. The van der Waals surface area contributed by atoms with Gasteiger partial charge in [-0.25, -0.2) is 4.79 Å². The highest BCUT2D eigenvalue weighted by Gasteiger charge is 2.48. The molecule has 7 heteroatoms. The molecular formula is C23H34N4O3. The summed E-state index contributed by atoms with van der Waals surface area (Å²) in [5, 5.41) is 9.50. The molecular weight excluding hydrogens is 380 g/mol. The van der Waals surface area contributed by atoms with Gasteiger partial charge in [-0.05, 0) is 37.8 Å². The van der Waals surface area contributed by atoms with E-state index in [-0.39, 0.29) is 36.0 Å². The first kappa shape index (κ1) is 21.0. The Bertz CT molecular complexity index is 771. The van der Waals surface area contributed by atoms with Gasteiger partial charge in [-0.3, -0.25) is 4.79 Å². The van der Waals surface area contributed by atoms with Crippen molar-refractivity contribution in [3.8, 4) is 0 Å². The van der Waals surface area contributed by atoms with Crippen LogP contribution in [0, 0.1) is 11.8 Å². The van der Waals surface area contributed by atoms with E-state index in [1.165, 1.54) is 5.56 Å². The molecule has 0 spiro atoms. The first-order valence-electron chi connectivity index (χ1n) is 11.3. The number of fused-ring (bicyclic) bond motifs is 3. The van der Waals surface area contributed by atoms with Gasteiger partial charge in [0.25, 0.3) is 0 Å². The number of para-hydroxylation sites is 1. The lowest BCUT2D eigenvalue weighted by molar-refractivity contribution is -0.139. The largest absolute Gasteiger partial charge is 0.383 e. The number of likely N-dealkylation sites (tertiary alicyclic amines) is 1. The van der Waals surface area contributed by atoms with Gasteiger partial charge in [0.05, 0.1) is 24.6 Å². The predicted octanol–water partition coefficient (Wildman–Crippen LogP) is 2.89. The first-order valence-corrected chi connectivity index (χ1v) is 11.3. The van der Waals surface area contributed by atoms with Gasteiger partial charge in [-0.15, -0.1) is 0 Å². The molecule has 3 amide bonds. The second-order valence-electron chi connectivity index (χ2n) is 8.72. The van der Waals surface area contributed by atoms with Crippen LogP contribution in [0.2, 0.25) is 0 Å². The molecule has 2 fully saturated rings. The van der Waals surface area contributed by atoms with Crippen LogP contribution >= 0.6 is 0 Å². The number of nitrogens with one attached hydrogen (secondary N) is 3. The maximum atomic E-state index is 13.8. The van der Waals surface area contributed by atoms with Gasteiger partial charge in [0.15, 0.2) is 0 Å². The summed E-state index contributed by atoms with van der Waals surface area (Å²) in [6.45, 7) is 3.87. The van der Waals surface area contributed by atoms with E-state index in [0.29, 0.717) is 19.1 Å². The van der Waals surface area contributed by atoms with E-state index in [0.717, 1.165) is 44.3 Å². The number of anilines is 1. The topological polar surface area (TPSA) is 82.7 Å². The van der Waals surface area contributed by atoms with Crippen LogP contribution in [-0.2, 0) is 9.53 Å². The Labute approximate surface area is 178 Å². The van der Waals surface area contributed by atoms with Crippen molar-refractivity contribution >= 4 is 17.6 Å². The molecule has 3 N–H and O–H groups in total. The third-order valence-electron chi connectivity index (χ3n) is 6.95. The molecule has 7 nitrogen and oxygen atoms in total. The molecule has 3 aliphatic rings. The highest BCUT2D eigenvalue weighted by Crippen LogP contribution is 2.47. The van der Waals surface area contributed by atoms with E-state index in [4.69, 9.17) is 4.74 Å². The Morgan fingerprint density at radius 1 is 1.20 bits per heavy atom. The Kier molecular flexibility index (Phi) is 6.46. The maximum Gasteiger partial charge on any atom is 0.315 e. The van der Waals surface area contributed by atoms with Crippen LogP contribution in [0.3, 0.4) is 0 Å². The fourth-order valence-electron chi connectivity index (χ4n) is 5.61. The Morgan fingerprint density at radius 2 is 2.00 bits per heavy atom. The Morgan fingerprint density at radius 3 is 2.80 bits per heavy atom. The Balaban J connectivity index is 1.57. The molecule has 0 bridgehead atoms. The quantitative estimate of drug-likeness (QED) is 0.692. The normalized spacial score (nSPS) is 30.1. The van der Waals surface area contributed by atoms with Gasteiger partial charge < -0.3 is 25.6 Å². The van der Waals surface area contributed by atoms with Crippen molar-refractivity contribution < 1.29 is 14.3 Å². The average Bonchev–Trinajstić information content (AvgIpc) is 3.20. The summed E-state index contributed by atoms with van der Waals surface area (Å²) in [4.78, 5) is 28.0. The van der Waals surface area contributed by atoms with E-state index >= 15 is 0 Å². The number of benzene rings is 1. The molecule has 2 aliphatic heterocycles. The third kappa shape index (κ3) is 4.00. The summed E-state index contributed by atoms with van der Waals surface area (Å²) in [5.74, 6) is 0.377. The fraction of sp³-hybridized carbons (Fsp3) is 0.652. The number of nitrogens with zero attached hydrogens (tertiary/aromatic N) is 1. The number of carbonyl (C=O) groups excluding carboxylic acids is 2. The number of ether oxygens (including phenoxy) is 1. The number of urea groups is 1. The standard InChI is InChI=1S/C23H34N4O3/c1-3-24-23(29)26-19-11-7-5-9-17(19)22(28)27-13-12-16-20(14-30-2)25-18-10-6-4-8-15(18)21(16)27/h4,6,8,10,16-17,19-21,25H,3,5,7,9,11-14H2,1-2H3,(H2,24,26,29)/t16-,17-,19+,20-,21-/m0/s1. The van der Waals surface area contributed by atoms with Crippen molar-refractivity contribution in [2.45, 2.75) is 57.2 Å². The summed E-state index contributed by atoms with van der Waals surface area (Å²) in [7, 11) is 1.73. The summed E-state index contributed by atoms with van der Waals surface area (Å²) in [5.41, 5.74) is 2.30. The van der Waals surface area contributed by atoms with Crippen LogP contribution < -0.4 is 16.0 Å². The van der Waals surface area contributed by atoms with Gasteiger partial charge in [-0.1, -0.05) is 31.0 Å². The SMILES string of the molecule is CCNC(=O)N[C@@H]1CCCC[C@@H]1C(=O)N1CC[C@H]2[C@H](COC)Nc3ccccc3[C@@H]21. The fourth-order valence-corrected chi connectivity index (χ4v) is 5.61. The smallest absolute Gasteiger partial charge is 0.315 e. The van der Waals surface area contributed by atoms with E-state index in [1.54, 1.807) is 7.11 Å². The highest BCUT2D eigenvalue weighted by atomic mass is 16.5. The molecule has 1 saturated carbocycles. The predicted molar refractivity (Wildman–Crippen MR) is 116 cm³/mol. The number of carbonyl (C=O) groups is 2. The zero-order valence-corrected chi connectivity index (χ0v) is 18.0. The molecule has 1 aromatic carbocycles. The first-order chi connectivity index (χ1) is 14.6. The zero-order chi connectivity index (χ0) is 21.1. The van der Waals surface area contributed by atoms with Crippen LogP contribution in [0.15, 0.2) is 24.3 Å². The van der Waals surface area contributed by atoms with Crippen molar-refractivity contribution in [2.24, 2.45) is 11.8 Å². The molecule has 5 atom stereocenters. The number of methoxy groups -OCH3 is 1. The van der Waals surface area contributed by atoms with E-state index in [2.05, 4.69) is 39.0 Å². The molecule has 4 rings (SSSR count). The van der Waals surface area contributed by atoms with Crippen LogP contribution in [0.1, 0.15) is 50.6 Å². The summed E-state index contributed by atoms with van der Waals surface area (Å²) in [6.07, 6.45) is 4.75. The molecule has 0 unspecified atom stereocenters. The van der Waals surface area contributed by atoms with Gasteiger partial charge in [0.1, 0.15) is 0 Å². The molecule has 0 radical (unpaired) electrons. The number of amides is 3. The van der Waals surface area contributed by atoms with Crippen molar-refractivity contribution in [2.75, 3.05) is 32.1 Å².